The van der Waals surface area contributed by atoms with E-state index in [0.29, 0.717) is 17.1 Å². The van der Waals surface area contributed by atoms with E-state index in [2.05, 4.69) is 38.7 Å². The number of carbonyl (C=O) groups excluding carboxylic acids is 2. The fraction of sp³-hybridized carbons (Fsp3) is 0.263. The van der Waals surface area contributed by atoms with Crippen molar-refractivity contribution in [2.24, 2.45) is 0 Å². The molecule has 0 aliphatic rings. The van der Waals surface area contributed by atoms with Gasteiger partial charge < -0.3 is 15.4 Å². The number of benzene rings is 2. The van der Waals surface area contributed by atoms with Gasteiger partial charge in [-0.25, -0.2) is 0 Å². The van der Waals surface area contributed by atoms with Crippen LogP contribution in [0.4, 0.5) is 11.4 Å². The third kappa shape index (κ3) is 6.16. The molecule has 138 valence electrons. The molecule has 0 fully saturated rings. The molecule has 0 saturated heterocycles. The SMILES string of the molecule is COCC(=O)Nc1ccc(NC(=O)CSc2cc(C)c(Br)cc2C)cc1. The Balaban J connectivity index is 1.88. The molecule has 0 spiro atoms. The van der Waals surface area contributed by atoms with Gasteiger partial charge in [-0.15, -0.1) is 11.8 Å². The normalized spacial score (nSPS) is 10.5. The molecule has 2 amide bonds. The Hall–Kier alpha value is -1.83. The van der Waals surface area contributed by atoms with Crippen LogP contribution in [0.15, 0.2) is 45.8 Å². The molecule has 5 nitrogen and oxygen atoms in total. The number of ether oxygens (including phenoxy) is 1. The first-order valence-corrected chi connectivity index (χ1v) is 9.75. The fourth-order valence-electron chi connectivity index (χ4n) is 2.22. The summed E-state index contributed by atoms with van der Waals surface area (Å²) in [5, 5.41) is 5.56. The molecule has 0 atom stereocenters. The lowest BCUT2D eigenvalue weighted by molar-refractivity contribution is -0.119. The van der Waals surface area contributed by atoms with E-state index >= 15 is 0 Å². The summed E-state index contributed by atoms with van der Waals surface area (Å²) >= 11 is 5.02. The minimum Gasteiger partial charge on any atom is -0.375 e. The summed E-state index contributed by atoms with van der Waals surface area (Å²) in [4.78, 5) is 24.7. The summed E-state index contributed by atoms with van der Waals surface area (Å²) in [5.41, 5.74) is 3.62. The Morgan fingerprint density at radius 2 is 1.58 bits per heavy atom. The van der Waals surface area contributed by atoms with Crippen molar-refractivity contribution in [2.45, 2.75) is 18.7 Å². The van der Waals surface area contributed by atoms with Gasteiger partial charge in [-0.05, 0) is 61.4 Å². The van der Waals surface area contributed by atoms with Gasteiger partial charge in [-0.2, -0.15) is 0 Å². The first-order chi connectivity index (χ1) is 12.4. The lowest BCUT2D eigenvalue weighted by Crippen LogP contribution is -2.17. The Bertz CT molecular complexity index is 794. The van der Waals surface area contributed by atoms with Gasteiger partial charge in [0.05, 0.1) is 5.75 Å². The van der Waals surface area contributed by atoms with Gasteiger partial charge in [0.1, 0.15) is 6.61 Å². The average Bonchev–Trinajstić information content (AvgIpc) is 2.59. The van der Waals surface area contributed by atoms with Crippen molar-refractivity contribution >= 4 is 50.9 Å². The average molecular weight is 437 g/mol. The van der Waals surface area contributed by atoms with Gasteiger partial charge in [0.15, 0.2) is 0 Å². The number of methoxy groups -OCH3 is 1. The first kappa shape index (κ1) is 20.5. The topological polar surface area (TPSA) is 67.4 Å². The molecule has 2 aromatic carbocycles. The van der Waals surface area contributed by atoms with E-state index < -0.39 is 0 Å². The maximum Gasteiger partial charge on any atom is 0.250 e. The van der Waals surface area contributed by atoms with E-state index in [4.69, 9.17) is 4.74 Å². The van der Waals surface area contributed by atoms with Crippen LogP contribution in [0.1, 0.15) is 11.1 Å². The smallest absolute Gasteiger partial charge is 0.250 e. The van der Waals surface area contributed by atoms with Crippen LogP contribution in [0.2, 0.25) is 0 Å². The minimum absolute atomic E-state index is 0.00462. The van der Waals surface area contributed by atoms with E-state index in [1.807, 2.05) is 13.8 Å². The lowest BCUT2D eigenvalue weighted by atomic mass is 10.2. The number of rotatable bonds is 7. The molecule has 0 aliphatic carbocycles. The third-order valence-corrected chi connectivity index (χ3v) is 5.55. The van der Waals surface area contributed by atoms with E-state index in [0.717, 1.165) is 20.5 Å². The molecule has 0 aromatic heterocycles. The second kappa shape index (κ2) is 9.75. The van der Waals surface area contributed by atoms with E-state index in [9.17, 15) is 9.59 Å². The summed E-state index contributed by atoms with van der Waals surface area (Å²) in [6, 6.07) is 11.1. The molecular weight excluding hydrogens is 416 g/mol. The highest BCUT2D eigenvalue weighted by atomic mass is 79.9. The summed E-state index contributed by atoms with van der Waals surface area (Å²) in [7, 11) is 1.47. The number of amides is 2. The van der Waals surface area contributed by atoms with Crippen molar-refractivity contribution in [3.05, 3.63) is 52.0 Å². The van der Waals surface area contributed by atoms with Crippen molar-refractivity contribution in [2.75, 3.05) is 30.1 Å². The van der Waals surface area contributed by atoms with Gasteiger partial charge in [-0.1, -0.05) is 15.9 Å². The molecule has 0 bridgehead atoms. The molecule has 0 saturated carbocycles. The second-order valence-corrected chi connectivity index (χ2v) is 7.63. The molecule has 2 N–H and O–H groups in total. The highest BCUT2D eigenvalue weighted by Crippen LogP contribution is 2.28. The van der Waals surface area contributed by atoms with Gasteiger partial charge >= 0.3 is 0 Å². The standard InChI is InChI=1S/C19H21BrN2O3S/c1-12-9-17(13(2)8-16(12)20)26-11-19(24)22-15-6-4-14(5-7-15)21-18(23)10-25-3/h4-9H,10-11H2,1-3H3,(H,21,23)(H,22,24). The van der Waals surface area contributed by atoms with Crippen molar-refractivity contribution in [1.29, 1.82) is 0 Å². The largest absolute Gasteiger partial charge is 0.375 e. The second-order valence-electron chi connectivity index (χ2n) is 5.76. The highest BCUT2D eigenvalue weighted by Gasteiger charge is 2.08. The molecule has 2 rings (SSSR count). The van der Waals surface area contributed by atoms with Gasteiger partial charge in [0.25, 0.3) is 0 Å². The van der Waals surface area contributed by atoms with Crippen molar-refractivity contribution in [3.8, 4) is 0 Å². The van der Waals surface area contributed by atoms with Gasteiger partial charge in [0.2, 0.25) is 11.8 Å². The summed E-state index contributed by atoms with van der Waals surface area (Å²) < 4.78 is 5.83. The van der Waals surface area contributed by atoms with Crippen molar-refractivity contribution < 1.29 is 14.3 Å². The first-order valence-electron chi connectivity index (χ1n) is 7.97. The Morgan fingerprint density at radius 3 is 2.15 bits per heavy atom. The fourth-order valence-corrected chi connectivity index (χ4v) is 3.58. The van der Waals surface area contributed by atoms with E-state index in [-0.39, 0.29) is 18.4 Å². The third-order valence-electron chi connectivity index (χ3n) is 3.54. The maximum atomic E-state index is 12.2. The van der Waals surface area contributed by atoms with Crippen LogP contribution in [-0.2, 0) is 14.3 Å². The molecule has 2 aromatic rings. The van der Waals surface area contributed by atoms with Crippen molar-refractivity contribution in [1.82, 2.24) is 0 Å². The molecule has 0 radical (unpaired) electrons. The van der Waals surface area contributed by atoms with Crippen LogP contribution >= 0.6 is 27.7 Å². The van der Waals surface area contributed by atoms with E-state index in [1.165, 1.54) is 18.9 Å². The number of hydrogen-bond acceptors (Lipinski definition) is 4. The van der Waals surface area contributed by atoms with Crippen molar-refractivity contribution in [3.63, 3.8) is 0 Å². The Morgan fingerprint density at radius 1 is 1.00 bits per heavy atom. The predicted octanol–water partition coefficient (Wildman–Crippen LogP) is 4.38. The van der Waals surface area contributed by atoms with Crippen LogP contribution in [0.5, 0.6) is 0 Å². The van der Waals surface area contributed by atoms with Crippen LogP contribution in [0.25, 0.3) is 0 Å². The number of anilines is 2. The van der Waals surface area contributed by atoms with Gasteiger partial charge in [-0.3, -0.25) is 9.59 Å². The number of carbonyl (C=O) groups is 2. The molecule has 0 unspecified atom stereocenters. The van der Waals surface area contributed by atoms with Crippen LogP contribution in [-0.4, -0.2) is 31.3 Å². The molecule has 0 heterocycles. The summed E-state index contributed by atoms with van der Waals surface area (Å²) in [5.74, 6) is 0.0285. The number of nitrogens with one attached hydrogen (secondary N) is 2. The van der Waals surface area contributed by atoms with Gasteiger partial charge in [0, 0.05) is 27.9 Å². The Labute approximate surface area is 166 Å². The summed E-state index contributed by atoms with van der Waals surface area (Å²) in [6.07, 6.45) is 0. The monoisotopic (exact) mass is 436 g/mol. The molecule has 7 heteroatoms. The van der Waals surface area contributed by atoms with E-state index in [1.54, 1.807) is 24.3 Å². The Kier molecular flexibility index (Phi) is 7.68. The summed E-state index contributed by atoms with van der Waals surface area (Å²) in [6.45, 7) is 4.06. The zero-order valence-electron chi connectivity index (χ0n) is 14.9. The number of thioether (sulfide) groups is 1. The molecule has 0 aliphatic heterocycles. The molecule has 26 heavy (non-hydrogen) atoms. The quantitative estimate of drug-likeness (QED) is 0.631. The molecular formula is C19H21BrN2O3S. The zero-order chi connectivity index (χ0) is 19.1. The maximum absolute atomic E-state index is 12.2. The highest BCUT2D eigenvalue weighted by molar-refractivity contribution is 9.10. The lowest BCUT2D eigenvalue weighted by Gasteiger charge is -2.10. The van der Waals surface area contributed by atoms with Crippen LogP contribution < -0.4 is 10.6 Å². The number of hydrogen-bond donors (Lipinski definition) is 2. The minimum atomic E-state index is -0.221. The zero-order valence-corrected chi connectivity index (χ0v) is 17.3. The number of halogens is 1. The predicted molar refractivity (Wildman–Crippen MR) is 110 cm³/mol. The number of aryl methyl sites for hydroxylation is 2. The van der Waals surface area contributed by atoms with Crippen LogP contribution in [0.3, 0.4) is 0 Å². The van der Waals surface area contributed by atoms with Crippen LogP contribution in [0, 0.1) is 13.8 Å².